The van der Waals surface area contributed by atoms with Crippen LogP contribution in [0.15, 0.2) is 47.2 Å². The number of rotatable bonds is 4. The normalized spacial score (nSPS) is 10.2. The number of carbonyl (C=O) groups is 1. The molecule has 2 aromatic rings. The molecule has 1 amide bonds. The van der Waals surface area contributed by atoms with E-state index in [1.54, 1.807) is 18.3 Å². The third kappa shape index (κ3) is 3.79. The zero-order valence-electron chi connectivity index (χ0n) is 10.3. The summed E-state index contributed by atoms with van der Waals surface area (Å²) in [6.07, 6.45) is 2.66. The predicted molar refractivity (Wildman–Crippen MR) is 79.7 cm³/mol. The van der Waals surface area contributed by atoms with Gasteiger partial charge in [-0.05, 0) is 46.1 Å². The van der Waals surface area contributed by atoms with Crippen LogP contribution >= 0.6 is 15.9 Å². The first-order chi connectivity index (χ1) is 9.16. The summed E-state index contributed by atoms with van der Waals surface area (Å²) in [6.45, 7) is 0. The number of nitrogens with one attached hydrogen (secondary N) is 1. The largest absolute Gasteiger partial charge is 0.399 e. The molecule has 4 nitrogen and oxygen atoms in total. The monoisotopic (exact) mass is 319 g/mol. The Morgan fingerprint density at radius 3 is 2.79 bits per heavy atom. The van der Waals surface area contributed by atoms with Crippen LogP contribution in [0.1, 0.15) is 12.0 Å². The number of pyridine rings is 1. The number of nitrogens with two attached hydrogens (primary N) is 1. The van der Waals surface area contributed by atoms with Crippen molar-refractivity contribution < 1.29 is 4.79 Å². The molecule has 0 aliphatic rings. The number of aryl methyl sites for hydroxylation is 1. The van der Waals surface area contributed by atoms with Gasteiger partial charge in [0, 0.05) is 18.3 Å². The van der Waals surface area contributed by atoms with Gasteiger partial charge in [0.25, 0.3) is 0 Å². The molecule has 98 valence electrons. The van der Waals surface area contributed by atoms with Gasteiger partial charge in [-0.15, -0.1) is 0 Å². The van der Waals surface area contributed by atoms with Gasteiger partial charge in [0.2, 0.25) is 5.91 Å². The molecule has 5 heteroatoms. The zero-order chi connectivity index (χ0) is 13.7. The Bertz CT molecular complexity index is 586. The van der Waals surface area contributed by atoms with Gasteiger partial charge >= 0.3 is 0 Å². The van der Waals surface area contributed by atoms with E-state index < -0.39 is 0 Å². The summed E-state index contributed by atoms with van der Waals surface area (Å²) in [4.78, 5) is 15.9. The summed E-state index contributed by atoms with van der Waals surface area (Å²) < 4.78 is 0.627. The molecule has 0 spiro atoms. The van der Waals surface area contributed by atoms with Crippen LogP contribution in [-0.4, -0.2) is 10.9 Å². The van der Waals surface area contributed by atoms with Crippen molar-refractivity contribution in [3.8, 4) is 0 Å². The first-order valence-electron chi connectivity index (χ1n) is 5.90. The molecule has 0 unspecified atom stereocenters. The minimum absolute atomic E-state index is 0.0584. The zero-order valence-corrected chi connectivity index (χ0v) is 11.9. The van der Waals surface area contributed by atoms with E-state index in [1.807, 2.05) is 24.3 Å². The maximum Gasteiger partial charge on any atom is 0.224 e. The minimum atomic E-state index is -0.0584. The van der Waals surface area contributed by atoms with E-state index in [1.165, 1.54) is 0 Å². The fourth-order valence-electron chi connectivity index (χ4n) is 1.70. The molecule has 0 atom stereocenters. The number of hydrogen-bond acceptors (Lipinski definition) is 3. The average Bonchev–Trinajstić information content (AvgIpc) is 2.40. The lowest BCUT2D eigenvalue weighted by Crippen LogP contribution is -2.13. The number of para-hydroxylation sites is 1. The maximum atomic E-state index is 11.8. The van der Waals surface area contributed by atoms with E-state index in [9.17, 15) is 4.79 Å². The fourth-order valence-corrected chi connectivity index (χ4v) is 2.05. The summed E-state index contributed by atoms with van der Waals surface area (Å²) in [7, 11) is 0. The highest BCUT2D eigenvalue weighted by molar-refractivity contribution is 9.10. The second-order valence-electron chi connectivity index (χ2n) is 4.09. The molecular weight excluding hydrogens is 306 g/mol. The molecule has 19 heavy (non-hydrogen) atoms. The van der Waals surface area contributed by atoms with Crippen molar-refractivity contribution in [3.05, 3.63) is 52.8 Å². The summed E-state index contributed by atoms with van der Waals surface area (Å²) >= 11 is 3.29. The molecule has 1 heterocycles. The Labute approximate surface area is 120 Å². The van der Waals surface area contributed by atoms with E-state index in [0.29, 0.717) is 23.1 Å². The van der Waals surface area contributed by atoms with Crippen molar-refractivity contribution in [1.29, 1.82) is 0 Å². The molecule has 0 aliphatic heterocycles. The van der Waals surface area contributed by atoms with Crippen molar-refractivity contribution in [2.75, 3.05) is 11.1 Å². The highest BCUT2D eigenvalue weighted by Gasteiger charge is 2.07. The van der Waals surface area contributed by atoms with E-state index >= 15 is 0 Å². The predicted octanol–water partition coefficient (Wildman–Crippen LogP) is 3.00. The van der Waals surface area contributed by atoms with Crippen molar-refractivity contribution in [1.82, 2.24) is 4.98 Å². The van der Waals surface area contributed by atoms with Crippen molar-refractivity contribution in [2.24, 2.45) is 0 Å². The van der Waals surface area contributed by atoms with Crippen LogP contribution in [-0.2, 0) is 11.2 Å². The minimum Gasteiger partial charge on any atom is -0.399 e. The van der Waals surface area contributed by atoms with E-state index in [4.69, 9.17) is 5.73 Å². The van der Waals surface area contributed by atoms with Crippen LogP contribution in [0.5, 0.6) is 0 Å². The third-order valence-corrected chi connectivity index (χ3v) is 3.34. The lowest BCUT2D eigenvalue weighted by atomic mass is 10.1. The average molecular weight is 320 g/mol. The summed E-state index contributed by atoms with van der Waals surface area (Å²) in [6, 6.07) is 11.1. The smallest absolute Gasteiger partial charge is 0.224 e. The van der Waals surface area contributed by atoms with Crippen molar-refractivity contribution >= 4 is 33.2 Å². The molecule has 0 saturated heterocycles. The maximum absolute atomic E-state index is 11.8. The summed E-state index contributed by atoms with van der Waals surface area (Å²) in [5.41, 5.74) is 8.22. The number of benzene rings is 1. The van der Waals surface area contributed by atoms with Crippen LogP contribution < -0.4 is 11.1 Å². The van der Waals surface area contributed by atoms with Gasteiger partial charge in [-0.2, -0.15) is 0 Å². The lowest BCUT2D eigenvalue weighted by molar-refractivity contribution is -0.116. The topological polar surface area (TPSA) is 68.0 Å². The van der Waals surface area contributed by atoms with Gasteiger partial charge in [0.1, 0.15) is 4.60 Å². The molecule has 0 fully saturated rings. The van der Waals surface area contributed by atoms with Gasteiger partial charge in [0.15, 0.2) is 0 Å². The van der Waals surface area contributed by atoms with E-state index in [-0.39, 0.29) is 5.91 Å². The van der Waals surface area contributed by atoms with Gasteiger partial charge in [-0.1, -0.05) is 18.2 Å². The number of halogens is 1. The number of nitrogen functional groups attached to an aromatic ring is 1. The number of carbonyl (C=O) groups excluding carboxylic acids is 1. The molecule has 0 saturated carbocycles. The number of nitrogens with zero attached hydrogens (tertiary/aromatic N) is 1. The van der Waals surface area contributed by atoms with Gasteiger partial charge in [-0.3, -0.25) is 4.79 Å². The third-order valence-electron chi connectivity index (χ3n) is 2.71. The molecule has 1 aromatic carbocycles. The second-order valence-corrected chi connectivity index (χ2v) is 4.84. The Morgan fingerprint density at radius 1 is 1.26 bits per heavy atom. The second kappa shape index (κ2) is 6.33. The summed E-state index contributed by atoms with van der Waals surface area (Å²) in [5, 5.41) is 2.81. The van der Waals surface area contributed by atoms with Crippen molar-refractivity contribution in [2.45, 2.75) is 12.8 Å². The van der Waals surface area contributed by atoms with Crippen LogP contribution in [0, 0.1) is 0 Å². The van der Waals surface area contributed by atoms with Crippen LogP contribution in [0.2, 0.25) is 0 Å². The van der Waals surface area contributed by atoms with Crippen LogP contribution in [0.3, 0.4) is 0 Å². The molecule has 1 aromatic heterocycles. The number of hydrogen-bond donors (Lipinski definition) is 2. The van der Waals surface area contributed by atoms with Gasteiger partial charge in [-0.25, -0.2) is 4.98 Å². The number of aromatic nitrogens is 1. The Balaban J connectivity index is 1.92. The quantitative estimate of drug-likeness (QED) is 0.672. The highest BCUT2D eigenvalue weighted by atomic mass is 79.9. The Morgan fingerprint density at radius 2 is 2.05 bits per heavy atom. The van der Waals surface area contributed by atoms with Gasteiger partial charge in [0.05, 0.1) is 5.69 Å². The molecule has 2 rings (SSSR count). The van der Waals surface area contributed by atoms with E-state index in [2.05, 4.69) is 26.2 Å². The fraction of sp³-hybridized carbons (Fsp3) is 0.143. The molecular formula is C14H14BrN3O. The van der Waals surface area contributed by atoms with Crippen LogP contribution in [0.25, 0.3) is 0 Å². The van der Waals surface area contributed by atoms with E-state index in [0.717, 1.165) is 11.3 Å². The molecule has 3 N–H and O–H groups in total. The van der Waals surface area contributed by atoms with Crippen LogP contribution in [0.4, 0.5) is 11.4 Å². The Kier molecular flexibility index (Phi) is 4.52. The SMILES string of the molecule is Nc1ccccc1CCC(=O)Nc1cccnc1Br. The lowest BCUT2D eigenvalue weighted by Gasteiger charge is -2.07. The first kappa shape index (κ1) is 13.5. The molecule has 0 radical (unpaired) electrons. The van der Waals surface area contributed by atoms with Crippen molar-refractivity contribution in [3.63, 3.8) is 0 Å². The molecule has 0 bridgehead atoms. The molecule has 0 aliphatic carbocycles. The summed E-state index contributed by atoms with van der Waals surface area (Å²) in [5.74, 6) is -0.0584. The number of amides is 1. The number of anilines is 2. The standard InChI is InChI=1S/C14H14BrN3O/c15-14-12(6-3-9-17-14)18-13(19)8-7-10-4-1-2-5-11(10)16/h1-6,9H,7-8,16H2,(H,18,19). The van der Waals surface area contributed by atoms with Gasteiger partial charge < -0.3 is 11.1 Å². The Hall–Kier alpha value is -1.88. The highest BCUT2D eigenvalue weighted by Crippen LogP contribution is 2.19. The first-order valence-corrected chi connectivity index (χ1v) is 6.70.